The number of amides is 1. The molecule has 0 atom stereocenters. The highest BCUT2D eigenvalue weighted by Gasteiger charge is 2.10. The van der Waals surface area contributed by atoms with Gasteiger partial charge in [0, 0.05) is 5.56 Å². The molecule has 0 radical (unpaired) electrons. The molecule has 0 saturated heterocycles. The Morgan fingerprint density at radius 2 is 1.96 bits per heavy atom. The van der Waals surface area contributed by atoms with Crippen LogP contribution in [0, 0.1) is 5.82 Å². The molecule has 0 unspecified atom stereocenters. The lowest BCUT2D eigenvalue weighted by Crippen LogP contribution is -2.33. The van der Waals surface area contributed by atoms with Gasteiger partial charge in [0.1, 0.15) is 5.82 Å². The maximum Gasteiger partial charge on any atom is 0.292 e. The fourth-order valence-electron chi connectivity index (χ4n) is 1.87. The minimum atomic E-state index is -0.463. The van der Waals surface area contributed by atoms with E-state index in [0.717, 1.165) is 12.0 Å². The minimum Gasteiger partial charge on any atom is -0.465 e. The Bertz CT molecular complexity index is 672. The molecule has 0 aromatic heterocycles. The molecule has 23 heavy (non-hydrogen) atoms. The van der Waals surface area contributed by atoms with Gasteiger partial charge >= 0.3 is 0 Å². The van der Waals surface area contributed by atoms with E-state index in [1.807, 2.05) is 37.3 Å². The van der Waals surface area contributed by atoms with Crippen molar-refractivity contribution in [1.82, 2.24) is 5.32 Å². The molecule has 0 spiro atoms. The van der Waals surface area contributed by atoms with Crippen molar-refractivity contribution >= 4 is 11.9 Å². The van der Waals surface area contributed by atoms with Gasteiger partial charge in [-0.05, 0) is 30.2 Å². The van der Waals surface area contributed by atoms with Crippen molar-refractivity contribution in [3.05, 3.63) is 71.5 Å². The Hall–Kier alpha value is -2.69. The summed E-state index contributed by atoms with van der Waals surface area (Å²) in [6, 6.07) is 15.3. The number of carbonyl (C=O) groups excluding carboxylic acids is 1. The summed E-state index contributed by atoms with van der Waals surface area (Å²) in [5.74, 6) is -0.915. The lowest BCUT2D eigenvalue weighted by Gasteiger charge is -2.10. The predicted octanol–water partition coefficient (Wildman–Crippen LogP) is 3.54. The van der Waals surface area contributed by atoms with Crippen LogP contribution in [-0.4, -0.2) is 18.5 Å². The number of carbonyl (C=O) groups is 1. The molecule has 5 heteroatoms. The normalized spacial score (nSPS) is 11.1. The summed E-state index contributed by atoms with van der Waals surface area (Å²) in [5, 5.41) is 2.59. The zero-order valence-electron chi connectivity index (χ0n) is 13.0. The number of amidine groups is 1. The minimum absolute atomic E-state index is 0.143. The molecule has 4 nitrogen and oxygen atoms in total. The highest BCUT2D eigenvalue weighted by atomic mass is 19.1. The van der Waals surface area contributed by atoms with Crippen LogP contribution < -0.4 is 5.32 Å². The zero-order valence-corrected chi connectivity index (χ0v) is 13.0. The third-order valence-electron chi connectivity index (χ3n) is 3.00. The molecule has 120 valence electrons. The fourth-order valence-corrected chi connectivity index (χ4v) is 1.87. The van der Waals surface area contributed by atoms with Crippen LogP contribution in [0.5, 0.6) is 0 Å². The third kappa shape index (κ3) is 5.54. The van der Waals surface area contributed by atoms with E-state index in [9.17, 15) is 9.18 Å². The second-order valence-electron chi connectivity index (χ2n) is 4.92. The summed E-state index contributed by atoms with van der Waals surface area (Å²) >= 11 is 0. The Morgan fingerprint density at radius 1 is 1.17 bits per heavy atom. The summed E-state index contributed by atoms with van der Waals surface area (Å²) in [6.45, 7) is 2.80. The topological polar surface area (TPSA) is 50.7 Å². The highest BCUT2D eigenvalue weighted by molar-refractivity contribution is 6.04. The standard InChI is InChI=1S/C18H19FN2O2/c1-2-11-23-18(20-13-14-7-4-3-5-8-14)21-17(22)15-9-6-10-16(19)12-15/h3-10,12H,2,11,13H2,1H3,(H,20,21,22). The van der Waals surface area contributed by atoms with E-state index in [-0.39, 0.29) is 11.6 Å². The first-order valence-corrected chi connectivity index (χ1v) is 7.47. The average Bonchev–Trinajstić information content (AvgIpc) is 2.58. The Balaban J connectivity index is 2.07. The smallest absolute Gasteiger partial charge is 0.292 e. The molecule has 0 aliphatic carbocycles. The van der Waals surface area contributed by atoms with Crippen molar-refractivity contribution in [3.8, 4) is 0 Å². The van der Waals surface area contributed by atoms with Crippen molar-refractivity contribution in [2.45, 2.75) is 19.9 Å². The van der Waals surface area contributed by atoms with Crippen molar-refractivity contribution in [2.24, 2.45) is 4.99 Å². The van der Waals surface area contributed by atoms with E-state index in [4.69, 9.17) is 4.74 Å². The lowest BCUT2D eigenvalue weighted by molar-refractivity contribution is 0.0965. The molecule has 0 aliphatic rings. The number of aliphatic imine (C=N–C) groups is 1. The molecular weight excluding hydrogens is 295 g/mol. The molecule has 1 N–H and O–H groups in total. The summed E-state index contributed by atoms with van der Waals surface area (Å²) in [6.07, 6.45) is 0.792. The van der Waals surface area contributed by atoms with E-state index in [2.05, 4.69) is 10.3 Å². The molecule has 1 amide bonds. The van der Waals surface area contributed by atoms with Gasteiger partial charge in [-0.1, -0.05) is 43.3 Å². The largest absolute Gasteiger partial charge is 0.465 e. The summed E-state index contributed by atoms with van der Waals surface area (Å²) < 4.78 is 18.7. The second-order valence-corrected chi connectivity index (χ2v) is 4.92. The monoisotopic (exact) mass is 314 g/mol. The Morgan fingerprint density at radius 3 is 2.65 bits per heavy atom. The van der Waals surface area contributed by atoms with Gasteiger partial charge in [-0.3, -0.25) is 10.1 Å². The molecule has 2 aromatic carbocycles. The van der Waals surface area contributed by atoms with Crippen LogP contribution in [0.1, 0.15) is 29.3 Å². The first kappa shape index (κ1) is 16.7. The van der Waals surface area contributed by atoms with Crippen LogP contribution >= 0.6 is 0 Å². The number of rotatable bonds is 5. The summed E-state index contributed by atoms with van der Waals surface area (Å²) in [7, 11) is 0. The van der Waals surface area contributed by atoms with Gasteiger partial charge in [0.2, 0.25) is 0 Å². The van der Waals surface area contributed by atoms with Crippen molar-refractivity contribution in [3.63, 3.8) is 0 Å². The Labute approximate surface area is 135 Å². The Kier molecular flexibility index (Phi) is 6.29. The first-order valence-electron chi connectivity index (χ1n) is 7.47. The molecule has 0 aliphatic heterocycles. The van der Waals surface area contributed by atoms with Gasteiger partial charge in [-0.2, -0.15) is 0 Å². The predicted molar refractivity (Wildman–Crippen MR) is 87.7 cm³/mol. The number of benzene rings is 2. The molecule has 0 fully saturated rings. The maximum atomic E-state index is 13.2. The number of halogens is 1. The quantitative estimate of drug-likeness (QED) is 0.678. The van der Waals surface area contributed by atoms with Crippen LogP contribution in [-0.2, 0) is 11.3 Å². The van der Waals surface area contributed by atoms with Crippen LogP contribution in [0.4, 0.5) is 4.39 Å². The van der Waals surface area contributed by atoms with E-state index < -0.39 is 11.7 Å². The van der Waals surface area contributed by atoms with E-state index in [0.29, 0.717) is 13.2 Å². The van der Waals surface area contributed by atoms with E-state index >= 15 is 0 Å². The van der Waals surface area contributed by atoms with E-state index in [1.165, 1.54) is 24.3 Å². The molecule has 2 aromatic rings. The van der Waals surface area contributed by atoms with Crippen LogP contribution in [0.15, 0.2) is 59.6 Å². The van der Waals surface area contributed by atoms with Gasteiger partial charge in [0.05, 0.1) is 13.2 Å². The van der Waals surface area contributed by atoms with E-state index in [1.54, 1.807) is 0 Å². The van der Waals surface area contributed by atoms with Crippen molar-refractivity contribution in [1.29, 1.82) is 0 Å². The number of hydrogen-bond donors (Lipinski definition) is 1. The molecule has 0 saturated carbocycles. The number of ether oxygens (including phenoxy) is 1. The maximum absolute atomic E-state index is 13.2. The molecular formula is C18H19FN2O2. The molecule has 0 bridgehead atoms. The van der Waals surface area contributed by atoms with Gasteiger partial charge in [-0.15, -0.1) is 0 Å². The second kappa shape index (κ2) is 8.68. The number of nitrogens with zero attached hydrogens (tertiary/aromatic N) is 1. The van der Waals surface area contributed by atoms with Gasteiger partial charge in [0.15, 0.2) is 0 Å². The SMILES string of the molecule is CCCOC(=NCc1ccccc1)NC(=O)c1cccc(F)c1. The first-order chi connectivity index (χ1) is 11.2. The lowest BCUT2D eigenvalue weighted by atomic mass is 10.2. The van der Waals surface area contributed by atoms with Gasteiger partial charge in [0.25, 0.3) is 11.9 Å². The van der Waals surface area contributed by atoms with Crippen molar-refractivity contribution in [2.75, 3.05) is 6.61 Å². The van der Waals surface area contributed by atoms with Crippen LogP contribution in [0.3, 0.4) is 0 Å². The van der Waals surface area contributed by atoms with Crippen LogP contribution in [0.25, 0.3) is 0 Å². The summed E-state index contributed by atoms with van der Waals surface area (Å²) in [5.41, 5.74) is 1.22. The average molecular weight is 314 g/mol. The zero-order chi connectivity index (χ0) is 16.5. The van der Waals surface area contributed by atoms with Gasteiger partial charge < -0.3 is 4.74 Å². The highest BCUT2D eigenvalue weighted by Crippen LogP contribution is 2.04. The molecule has 2 rings (SSSR count). The number of nitrogens with one attached hydrogen (secondary N) is 1. The van der Waals surface area contributed by atoms with Gasteiger partial charge in [-0.25, -0.2) is 9.38 Å². The third-order valence-corrected chi connectivity index (χ3v) is 3.00. The van der Waals surface area contributed by atoms with Crippen molar-refractivity contribution < 1.29 is 13.9 Å². The molecule has 0 heterocycles. The van der Waals surface area contributed by atoms with Crippen LogP contribution in [0.2, 0.25) is 0 Å². The number of hydrogen-bond acceptors (Lipinski definition) is 3. The summed E-state index contributed by atoms with van der Waals surface area (Å²) in [4.78, 5) is 16.4. The fraction of sp³-hybridized carbons (Fsp3) is 0.222.